The Kier molecular flexibility index (Phi) is 9.40. The topological polar surface area (TPSA) is 114 Å². The van der Waals surface area contributed by atoms with Gasteiger partial charge in [0.25, 0.3) is 5.91 Å². The zero-order valence-corrected chi connectivity index (χ0v) is 26.7. The largest absolute Gasteiger partial charge is 0.358 e. The number of unbranched alkanes of at least 4 members (excludes halogenated alkanes) is 1. The van der Waals surface area contributed by atoms with E-state index in [9.17, 15) is 14.0 Å². The molecule has 0 fully saturated rings. The van der Waals surface area contributed by atoms with Gasteiger partial charge < -0.3 is 20.5 Å². The van der Waals surface area contributed by atoms with Gasteiger partial charge in [0, 0.05) is 41.8 Å². The van der Waals surface area contributed by atoms with Crippen molar-refractivity contribution in [3.05, 3.63) is 136 Å². The van der Waals surface area contributed by atoms with E-state index in [4.69, 9.17) is 11.6 Å². The molecule has 2 aromatic carbocycles. The summed E-state index contributed by atoms with van der Waals surface area (Å²) in [5.41, 5.74) is 4.65. The summed E-state index contributed by atoms with van der Waals surface area (Å²) in [7, 11) is 0. The number of amides is 2. The Bertz CT molecular complexity index is 2010. The minimum absolute atomic E-state index is 0.297. The highest BCUT2D eigenvalue weighted by Crippen LogP contribution is 2.43. The van der Waals surface area contributed by atoms with E-state index in [-0.39, 0.29) is 5.91 Å². The van der Waals surface area contributed by atoms with Gasteiger partial charge in [-0.25, -0.2) is 14.4 Å². The summed E-state index contributed by atoms with van der Waals surface area (Å²) < 4.78 is 16.1. The van der Waals surface area contributed by atoms with Crippen LogP contribution < -0.4 is 16.0 Å². The molecular formula is C36H33ClFN7O2. The lowest BCUT2D eigenvalue weighted by Gasteiger charge is -2.33. The van der Waals surface area contributed by atoms with Gasteiger partial charge >= 0.3 is 0 Å². The first-order valence-corrected chi connectivity index (χ1v) is 15.7. The molecule has 0 saturated carbocycles. The fraction of sp³-hybridized carbons (Fsp3) is 0.194. The summed E-state index contributed by atoms with van der Waals surface area (Å²) >= 11 is 6.77. The SMILES string of the molecule is CC1=C(C(=O)Nc2ccccn2)C(c2ccccc2Cl)C(C(=O)NCCCCn2c(C)nc3cnccc32)=C(c2ccc(F)cc2)N1. The van der Waals surface area contributed by atoms with E-state index in [1.54, 1.807) is 68.0 Å². The maximum Gasteiger partial charge on any atom is 0.255 e. The Hall–Kier alpha value is -5.35. The number of dihydropyridines is 1. The molecule has 6 rings (SSSR count). The molecule has 0 radical (unpaired) electrons. The highest BCUT2D eigenvalue weighted by atomic mass is 35.5. The standard InChI is InChI=1S/C36H33ClFN7O2/c1-22-31(36(47)44-30-11-5-6-17-40-30)32(26-9-3-4-10-27(26)37)33(34(42-22)24-12-14-25(38)15-13-24)35(46)41-18-7-8-20-45-23(2)43-28-21-39-19-16-29(28)45/h3-6,9-17,19,21,32,42H,7-8,18,20H2,1-2H3,(H,41,46)(H,40,44,47). The lowest BCUT2D eigenvalue weighted by molar-refractivity contribution is -0.117. The normalized spacial score (nSPS) is 14.7. The first-order chi connectivity index (χ1) is 22.8. The van der Waals surface area contributed by atoms with Crippen molar-refractivity contribution in [1.82, 2.24) is 30.2 Å². The molecule has 1 atom stereocenters. The number of fused-ring (bicyclic) bond motifs is 1. The smallest absolute Gasteiger partial charge is 0.255 e. The maximum atomic E-state index is 14.3. The molecule has 5 aromatic rings. The monoisotopic (exact) mass is 649 g/mol. The van der Waals surface area contributed by atoms with Crippen molar-refractivity contribution < 1.29 is 14.0 Å². The van der Waals surface area contributed by atoms with Crippen LogP contribution in [0.3, 0.4) is 0 Å². The Morgan fingerprint density at radius 1 is 0.936 bits per heavy atom. The number of allylic oxidation sites excluding steroid dienone is 1. The van der Waals surface area contributed by atoms with E-state index in [1.165, 1.54) is 12.1 Å². The van der Waals surface area contributed by atoms with Gasteiger partial charge in [-0.1, -0.05) is 35.9 Å². The van der Waals surface area contributed by atoms with Crippen LogP contribution in [0.15, 0.2) is 108 Å². The molecule has 2 amide bonds. The first kappa shape index (κ1) is 31.6. The zero-order chi connectivity index (χ0) is 32.9. The number of hydrogen-bond acceptors (Lipinski definition) is 6. The van der Waals surface area contributed by atoms with Gasteiger partial charge in [-0.15, -0.1) is 0 Å². The van der Waals surface area contributed by atoms with E-state index in [2.05, 4.69) is 35.5 Å². The second-order valence-corrected chi connectivity index (χ2v) is 11.6. The maximum absolute atomic E-state index is 14.3. The number of halogens is 2. The number of rotatable bonds is 10. The number of pyridine rings is 2. The van der Waals surface area contributed by atoms with Gasteiger partial charge in [0.2, 0.25) is 5.91 Å². The van der Waals surface area contributed by atoms with Crippen molar-refractivity contribution in [2.24, 2.45) is 0 Å². The molecule has 11 heteroatoms. The van der Waals surface area contributed by atoms with Crippen molar-refractivity contribution in [1.29, 1.82) is 0 Å². The highest BCUT2D eigenvalue weighted by molar-refractivity contribution is 6.31. The number of imidazole rings is 1. The third kappa shape index (κ3) is 6.78. The summed E-state index contributed by atoms with van der Waals surface area (Å²) in [6.07, 6.45) is 6.57. The van der Waals surface area contributed by atoms with E-state index in [0.29, 0.717) is 57.5 Å². The van der Waals surface area contributed by atoms with Crippen LogP contribution in [0.4, 0.5) is 10.2 Å². The molecule has 0 bridgehead atoms. The molecule has 1 aliphatic rings. The third-order valence-corrected chi connectivity index (χ3v) is 8.49. The molecule has 9 nitrogen and oxygen atoms in total. The summed E-state index contributed by atoms with van der Waals surface area (Å²) in [5, 5.41) is 9.65. The molecule has 4 heterocycles. The number of carbonyl (C=O) groups is 2. The number of nitrogens with zero attached hydrogens (tertiary/aromatic N) is 4. The molecule has 0 saturated heterocycles. The molecule has 47 heavy (non-hydrogen) atoms. The van der Waals surface area contributed by atoms with E-state index < -0.39 is 17.6 Å². The van der Waals surface area contributed by atoms with Crippen molar-refractivity contribution in [3.8, 4) is 0 Å². The minimum atomic E-state index is -0.845. The fourth-order valence-electron chi connectivity index (χ4n) is 5.93. The van der Waals surface area contributed by atoms with Crippen molar-refractivity contribution in [2.45, 2.75) is 39.2 Å². The Morgan fingerprint density at radius 2 is 1.72 bits per heavy atom. The van der Waals surface area contributed by atoms with Crippen LogP contribution in [0.5, 0.6) is 0 Å². The lowest BCUT2D eigenvalue weighted by Crippen LogP contribution is -2.38. The van der Waals surface area contributed by atoms with Crippen LogP contribution in [0.1, 0.15) is 42.6 Å². The number of hydrogen-bond donors (Lipinski definition) is 3. The van der Waals surface area contributed by atoms with Crippen molar-refractivity contribution in [2.75, 3.05) is 11.9 Å². The molecule has 0 aliphatic carbocycles. The van der Waals surface area contributed by atoms with E-state index in [0.717, 1.165) is 29.8 Å². The zero-order valence-electron chi connectivity index (χ0n) is 25.9. The molecule has 0 spiro atoms. The van der Waals surface area contributed by atoms with Gasteiger partial charge in [0.05, 0.1) is 28.9 Å². The van der Waals surface area contributed by atoms with Crippen LogP contribution in [-0.2, 0) is 16.1 Å². The Morgan fingerprint density at radius 3 is 2.49 bits per heavy atom. The number of benzene rings is 2. The fourth-order valence-corrected chi connectivity index (χ4v) is 6.18. The lowest BCUT2D eigenvalue weighted by atomic mass is 9.78. The molecule has 3 N–H and O–H groups in total. The van der Waals surface area contributed by atoms with Crippen molar-refractivity contribution >= 4 is 46.0 Å². The summed E-state index contributed by atoms with van der Waals surface area (Å²) in [6, 6.07) is 20.2. The quantitative estimate of drug-likeness (QED) is 0.148. The Balaban J connectivity index is 1.32. The molecule has 1 unspecified atom stereocenters. The molecule has 238 valence electrons. The summed E-state index contributed by atoms with van der Waals surface area (Å²) in [6.45, 7) is 4.86. The van der Waals surface area contributed by atoms with E-state index in [1.807, 2.05) is 25.1 Å². The van der Waals surface area contributed by atoms with Gasteiger partial charge in [0.15, 0.2) is 0 Å². The average Bonchev–Trinajstić information content (AvgIpc) is 3.39. The van der Waals surface area contributed by atoms with Gasteiger partial charge in [0.1, 0.15) is 23.0 Å². The van der Waals surface area contributed by atoms with Crippen LogP contribution >= 0.6 is 11.6 Å². The predicted octanol–water partition coefficient (Wildman–Crippen LogP) is 6.53. The van der Waals surface area contributed by atoms with E-state index >= 15 is 0 Å². The van der Waals surface area contributed by atoms with Crippen LogP contribution in [0.25, 0.3) is 16.7 Å². The number of aryl methyl sites for hydroxylation is 2. The number of carbonyl (C=O) groups excluding carboxylic acids is 2. The van der Waals surface area contributed by atoms with Crippen LogP contribution in [0.2, 0.25) is 5.02 Å². The Labute approximate surface area is 276 Å². The van der Waals surface area contributed by atoms with Crippen molar-refractivity contribution in [3.63, 3.8) is 0 Å². The summed E-state index contributed by atoms with van der Waals surface area (Å²) in [4.78, 5) is 41.2. The molecular weight excluding hydrogens is 617 g/mol. The average molecular weight is 650 g/mol. The van der Waals surface area contributed by atoms with Crippen LogP contribution in [-0.4, -0.2) is 37.9 Å². The summed E-state index contributed by atoms with van der Waals surface area (Å²) in [5.74, 6) is -0.776. The minimum Gasteiger partial charge on any atom is -0.358 e. The number of anilines is 1. The second-order valence-electron chi connectivity index (χ2n) is 11.2. The predicted molar refractivity (Wildman–Crippen MR) is 181 cm³/mol. The van der Waals surface area contributed by atoms with Crippen LogP contribution in [0, 0.1) is 12.7 Å². The number of aromatic nitrogens is 4. The second kappa shape index (κ2) is 14.0. The van der Waals surface area contributed by atoms with Gasteiger partial charge in [-0.2, -0.15) is 0 Å². The third-order valence-electron chi connectivity index (χ3n) is 8.14. The molecule has 3 aromatic heterocycles. The van der Waals surface area contributed by atoms with Gasteiger partial charge in [-0.3, -0.25) is 14.6 Å². The number of nitrogens with one attached hydrogen (secondary N) is 3. The van der Waals surface area contributed by atoms with Gasteiger partial charge in [-0.05, 0) is 86.3 Å². The first-order valence-electron chi connectivity index (χ1n) is 15.3. The highest BCUT2D eigenvalue weighted by Gasteiger charge is 2.39. The molecule has 1 aliphatic heterocycles.